The number of pyridine rings is 1. The van der Waals surface area contributed by atoms with Gasteiger partial charge in [-0.3, -0.25) is 9.78 Å². The second-order valence-corrected chi connectivity index (χ2v) is 5.37. The van der Waals surface area contributed by atoms with Gasteiger partial charge in [0.2, 0.25) is 5.91 Å². The Labute approximate surface area is 136 Å². The number of hydrogen-bond acceptors (Lipinski definition) is 5. The Morgan fingerprint density at radius 2 is 1.96 bits per heavy atom. The molecule has 0 aromatic carbocycles. The Morgan fingerprint density at radius 3 is 2.57 bits per heavy atom. The van der Waals surface area contributed by atoms with E-state index in [-0.39, 0.29) is 12.5 Å². The Bertz CT molecular complexity index is 645. The summed E-state index contributed by atoms with van der Waals surface area (Å²) in [6, 6.07) is 5.69. The Kier molecular flexibility index (Phi) is 6.02. The molecule has 0 radical (unpaired) electrons. The van der Waals surface area contributed by atoms with Crippen LogP contribution in [0.4, 0.5) is 5.82 Å². The van der Waals surface area contributed by atoms with Crippen molar-refractivity contribution in [1.82, 2.24) is 15.0 Å². The molecule has 0 aliphatic rings. The molecule has 2 aromatic heterocycles. The molecule has 0 fully saturated rings. The number of unbranched alkanes of at least 4 members (excludes halogenated alkanes) is 1. The number of anilines is 1. The highest BCUT2D eigenvalue weighted by molar-refractivity contribution is 5.79. The number of aryl methyl sites for hydroxylation is 1. The molecule has 122 valence electrons. The van der Waals surface area contributed by atoms with Crippen LogP contribution >= 0.6 is 0 Å². The van der Waals surface area contributed by atoms with E-state index < -0.39 is 0 Å². The summed E-state index contributed by atoms with van der Waals surface area (Å²) < 4.78 is 0. The second-order valence-electron chi connectivity index (χ2n) is 5.37. The van der Waals surface area contributed by atoms with Gasteiger partial charge in [-0.15, -0.1) is 0 Å². The Balaban J connectivity index is 2.40. The first-order chi connectivity index (χ1) is 11.1. The van der Waals surface area contributed by atoms with Gasteiger partial charge in [0.05, 0.1) is 6.54 Å². The van der Waals surface area contributed by atoms with Gasteiger partial charge in [-0.2, -0.15) is 0 Å². The minimum Gasteiger partial charge on any atom is -0.368 e. The lowest BCUT2D eigenvalue weighted by molar-refractivity contribution is -0.116. The molecular weight excluding hydrogens is 290 g/mol. The first-order valence-electron chi connectivity index (χ1n) is 7.95. The summed E-state index contributed by atoms with van der Waals surface area (Å²) in [5, 5.41) is 0. The van der Waals surface area contributed by atoms with Crippen molar-refractivity contribution in [3.05, 3.63) is 36.3 Å². The molecule has 2 rings (SSSR count). The molecule has 0 saturated heterocycles. The molecule has 2 N–H and O–H groups in total. The monoisotopic (exact) mass is 313 g/mol. The lowest BCUT2D eigenvalue weighted by Gasteiger charge is -2.23. The molecule has 2 aromatic rings. The fraction of sp³-hybridized carbons (Fsp3) is 0.412. The number of aromatic nitrogens is 3. The van der Waals surface area contributed by atoms with Crippen molar-refractivity contribution in [3.8, 4) is 11.4 Å². The van der Waals surface area contributed by atoms with Crippen LogP contribution in [0.2, 0.25) is 0 Å². The van der Waals surface area contributed by atoms with E-state index >= 15 is 0 Å². The standard InChI is InChI=1S/C17H23N5O/c1-3-5-10-22(12-15(18)23)16-11-14(4-2)20-17(21-16)13-6-8-19-9-7-13/h6-9,11H,3-5,10,12H2,1-2H3,(H2,18,23). The number of carbonyl (C=O) groups is 1. The van der Waals surface area contributed by atoms with Crippen molar-refractivity contribution < 1.29 is 4.79 Å². The molecule has 6 nitrogen and oxygen atoms in total. The smallest absolute Gasteiger partial charge is 0.236 e. The minimum absolute atomic E-state index is 0.163. The number of primary amides is 1. The summed E-state index contributed by atoms with van der Waals surface area (Å²) >= 11 is 0. The summed E-state index contributed by atoms with van der Waals surface area (Å²) in [7, 11) is 0. The molecule has 2 heterocycles. The first-order valence-corrected chi connectivity index (χ1v) is 7.95. The molecule has 0 bridgehead atoms. The van der Waals surface area contributed by atoms with Crippen LogP contribution in [-0.2, 0) is 11.2 Å². The normalized spacial score (nSPS) is 10.5. The van der Waals surface area contributed by atoms with E-state index in [9.17, 15) is 4.79 Å². The number of hydrogen-bond donors (Lipinski definition) is 1. The molecule has 0 spiro atoms. The van der Waals surface area contributed by atoms with Crippen molar-refractivity contribution >= 4 is 11.7 Å². The second kappa shape index (κ2) is 8.22. The van der Waals surface area contributed by atoms with Crippen molar-refractivity contribution in [1.29, 1.82) is 0 Å². The van der Waals surface area contributed by atoms with E-state index in [1.165, 1.54) is 0 Å². The average Bonchev–Trinajstić information content (AvgIpc) is 2.58. The highest BCUT2D eigenvalue weighted by Gasteiger charge is 2.14. The van der Waals surface area contributed by atoms with Crippen molar-refractivity contribution in [2.45, 2.75) is 33.1 Å². The average molecular weight is 313 g/mol. The van der Waals surface area contributed by atoms with Crippen LogP contribution in [0.15, 0.2) is 30.6 Å². The van der Waals surface area contributed by atoms with Gasteiger partial charge < -0.3 is 10.6 Å². The van der Waals surface area contributed by atoms with E-state index in [4.69, 9.17) is 5.73 Å². The molecule has 0 aliphatic carbocycles. The van der Waals surface area contributed by atoms with Gasteiger partial charge in [-0.25, -0.2) is 9.97 Å². The Hall–Kier alpha value is -2.50. The summed E-state index contributed by atoms with van der Waals surface area (Å²) in [5.41, 5.74) is 7.24. The number of rotatable bonds is 8. The highest BCUT2D eigenvalue weighted by atomic mass is 16.1. The number of carbonyl (C=O) groups excluding carboxylic acids is 1. The van der Waals surface area contributed by atoms with Gasteiger partial charge >= 0.3 is 0 Å². The zero-order valence-corrected chi connectivity index (χ0v) is 13.7. The molecule has 23 heavy (non-hydrogen) atoms. The summed E-state index contributed by atoms with van der Waals surface area (Å²) in [5.74, 6) is 1.03. The minimum atomic E-state index is -0.358. The van der Waals surface area contributed by atoms with Crippen LogP contribution in [0.1, 0.15) is 32.4 Å². The number of amides is 1. The highest BCUT2D eigenvalue weighted by Crippen LogP contribution is 2.20. The Morgan fingerprint density at radius 1 is 1.22 bits per heavy atom. The third-order valence-corrected chi connectivity index (χ3v) is 3.52. The third kappa shape index (κ3) is 4.74. The molecule has 6 heteroatoms. The summed E-state index contributed by atoms with van der Waals surface area (Å²) in [6.07, 6.45) is 6.25. The fourth-order valence-electron chi connectivity index (χ4n) is 2.27. The van der Waals surface area contributed by atoms with E-state index in [0.29, 0.717) is 5.82 Å². The van der Waals surface area contributed by atoms with Gasteiger partial charge in [0.15, 0.2) is 5.82 Å². The third-order valence-electron chi connectivity index (χ3n) is 3.52. The summed E-state index contributed by atoms with van der Waals surface area (Å²) in [6.45, 7) is 5.07. The fourth-order valence-corrected chi connectivity index (χ4v) is 2.27. The van der Waals surface area contributed by atoms with Crippen LogP contribution in [0.3, 0.4) is 0 Å². The predicted molar refractivity (Wildman–Crippen MR) is 91.0 cm³/mol. The predicted octanol–water partition coefficient (Wildman–Crippen LogP) is 2.19. The van der Waals surface area contributed by atoms with Crippen molar-refractivity contribution in [2.75, 3.05) is 18.0 Å². The largest absolute Gasteiger partial charge is 0.368 e. The first kappa shape index (κ1) is 16.9. The van der Waals surface area contributed by atoms with Gasteiger partial charge in [0.25, 0.3) is 0 Å². The van der Waals surface area contributed by atoms with Gasteiger partial charge in [-0.05, 0) is 25.0 Å². The maximum absolute atomic E-state index is 11.4. The van der Waals surface area contributed by atoms with Crippen LogP contribution in [0, 0.1) is 0 Å². The van der Waals surface area contributed by atoms with Gasteiger partial charge in [-0.1, -0.05) is 20.3 Å². The van der Waals surface area contributed by atoms with Crippen LogP contribution < -0.4 is 10.6 Å². The summed E-state index contributed by atoms with van der Waals surface area (Å²) in [4.78, 5) is 26.6. The molecule has 0 aliphatic heterocycles. The van der Waals surface area contributed by atoms with Crippen LogP contribution in [0.25, 0.3) is 11.4 Å². The quantitative estimate of drug-likeness (QED) is 0.807. The maximum Gasteiger partial charge on any atom is 0.236 e. The van der Waals surface area contributed by atoms with Crippen molar-refractivity contribution in [3.63, 3.8) is 0 Å². The van der Waals surface area contributed by atoms with Crippen molar-refractivity contribution in [2.24, 2.45) is 5.73 Å². The van der Waals surface area contributed by atoms with E-state index in [1.54, 1.807) is 12.4 Å². The zero-order chi connectivity index (χ0) is 16.7. The lowest BCUT2D eigenvalue weighted by Crippen LogP contribution is -2.35. The van der Waals surface area contributed by atoms with E-state index in [1.807, 2.05) is 30.0 Å². The van der Waals surface area contributed by atoms with Gasteiger partial charge in [0.1, 0.15) is 5.82 Å². The molecule has 0 unspecified atom stereocenters. The molecule has 0 atom stereocenters. The van der Waals surface area contributed by atoms with E-state index in [2.05, 4.69) is 21.9 Å². The molecular formula is C17H23N5O. The van der Waals surface area contributed by atoms with E-state index in [0.717, 1.165) is 42.9 Å². The molecule has 1 amide bonds. The topological polar surface area (TPSA) is 85.0 Å². The molecule has 0 saturated carbocycles. The number of nitrogens with zero attached hydrogens (tertiary/aromatic N) is 4. The number of nitrogens with two attached hydrogens (primary N) is 1. The maximum atomic E-state index is 11.4. The zero-order valence-electron chi connectivity index (χ0n) is 13.7. The van der Waals surface area contributed by atoms with Crippen LogP contribution in [-0.4, -0.2) is 33.9 Å². The lowest BCUT2D eigenvalue weighted by atomic mass is 10.2. The van der Waals surface area contributed by atoms with Crippen LogP contribution in [0.5, 0.6) is 0 Å². The van der Waals surface area contributed by atoms with Gasteiger partial charge in [0, 0.05) is 36.3 Å². The SMILES string of the molecule is CCCCN(CC(N)=O)c1cc(CC)nc(-c2ccncc2)n1.